The molecule has 0 fully saturated rings. The number of aromatic nitrogens is 2. The number of rotatable bonds is 15. The fourth-order valence-corrected chi connectivity index (χ4v) is 3.46. The van der Waals surface area contributed by atoms with Crippen LogP contribution < -0.4 is 10.6 Å². The number of hydrogen-bond donors (Lipinski definition) is 2. The molecule has 1 atom stereocenters. The number of thioether (sulfide) groups is 1. The van der Waals surface area contributed by atoms with E-state index in [9.17, 15) is 4.79 Å². The summed E-state index contributed by atoms with van der Waals surface area (Å²) in [6, 6.07) is 7.12. The quantitative estimate of drug-likeness (QED) is 0.218. The van der Waals surface area contributed by atoms with Crippen molar-refractivity contribution in [2.24, 2.45) is 0 Å². The van der Waals surface area contributed by atoms with Gasteiger partial charge in [0.15, 0.2) is 0 Å². The third-order valence-electron chi connectivity index (χ3n) is 4.83. The zero-order chi connectivity index (χ0) is 24.8. The maximum absolute atomic E-state index is 12.3. The molecule has 1 amide bonds. The average Bonchev–Trinajstić information content (AvgIpc) is 3.28. The first kappa shape index (κ1) is 27.6. The van der Waals surface area contributed by atoms with E-state index in [2.05, 4.69) is 37.9 Å². The molecule has 0 saturated carbocycles. The van der Waals surface area contributed by atoms with Crippen LogP contribution in [0, 0.1) is 0 Å². The van der Waals surface area contributed by atoms with E-state index in [-0.39, 0.29) is 11.9 Å². The summed E-state index contributed by atoms with van der Waals surface area (Å²) in [6.07, 6.45) is 7.07. The van der Waals surface area contributed by atoms with Crippen LogP contribution in [0.1, 0.15) is 33.1 Å². The smallest absolute Gasteiger partial charge is 0.247 e. The number of likely N-dealkylation sites (N-methyl/N-ethyl adjacent to an activating group) is 1. The number of nitrogens with zero attached hydrogens (tertiary/aromatic N) is 3. The Morgan fingerprint density at radius 2 is 2.03 bits per heavy atom. The van der Waals surface area contributed by atoms with Gasteiger partial charge in [0.1, 0.15) is 0 Å². The number of nitrogens with one attached hydrogen (secondary N) is 2. The second-order valence-electron chi connectivity index (χ2n) is 8.07. The average molecular weight is 488 g/mol. The number of amides is 1. The van der Waals surface area contributed by atoms with Crippen LogP contribution >= 0.6 is 11.8 Å². The third-order valence-corrected chi connectivity index (χ3v) is 5.74. The molecule has 186 valence electrons. The first-order valence-corrected chi connectivity index (χ1v) is 12.6. The van der Waals surface area contributed by atoms with Crippen molar-refractivity contribution in [3.05, 3.63) is 54.1 Å². The molecule has 1 aromatic carbocycles. The van der Waals surface area contributed by atoms with Crippen LogP contribution in [0.2, 0.25) is 0 Å². The lowest BCUT2D eigenvalue weighted by atomic mass is 10.2. The molecule has 2 N–H and O–H groups in total. The summed E-state index contributed by atoms with van der Waals surface area (Å²) in [4.78, 5) is 14.4. The number of ether oxygens (including phenoxy) is 1. The molecule has 0 aliphatic rings. The normalized spacial score (nSPS) is 12.9. The molecule has 0 aliphatic heterocycles. The summed E-state index contributed by atoms with van der Waals surface area (Å²) in [6.45, 7) is 8.09. The molecular weight excluding hydrogens is 450 g/mol. The number of benzene rings is 1. The topological polar surface area (TPSA) is 92.5 Å². The van der Waals surface area contributed by atoms with Crippen molar-refractivity contribution in [1.29, 1.82) is 0 Å². The fraction of sp³-hybridized carbons (Fsp3) is 0.480. The van der Waals surface area contributed by atoms with Gasteiger partial charge in [-0.2, -0.15) is 0 Å². The summed E-state index contributed by atoms with van der Waals surface area (Å²) in [5, 5.41) is 14.4. The van der Waals surface area contributed by atoms with E-state index in [1.54, 1.807) is 11.8 Å². The minimum Gasteiger partial charge on any atom is -0.498 e. The highest BCUT2D eigenvalue weighted by Gasteiger charge is 2.13. The number of carbonyl (C=O) groups excluding carboxylic acids is 1. The molecule has 8 nitrogen and oxygen atoms in total. The highest BCUT2D eigenvalue weighted by Crippen LogP contribution is 2.22. The fourth-order valence-electron chi connectivity index (χ4n) is 2.82. The Kier molecular flexibility index (Phi) is 12.4. The highest BCUT2D eigenvalue weighted by molar-refractivity contribution is 7.98. The number of hydrogen-bond acceptors (Lipinski definition) is 8. The SMILES string of the molecule is C/C=C\C/C=C(\C)OCCSCc1nnc(-c2ccc(NC(=O)C(C)NCCN(C)C)cc2)o1. The van der Waals surface area contributed by atoms with E-state index < -0.39 is 0 Å². The van der Waals surface area contributed by atoms with Crippen molar-refractivity contribution in [2.75, 3.05) is 44.9 Å². The largest absolute Gasteiger partial charge is 0.498 e. The van der Waals surface area contributed by atoms with Crippen LogP contribution in [0.15, 0.2) is 52.7 Å². The van der Waals surface area contributed by atoms with Crippen molar-refractivity contribution in [2.45, 2.75) is 39.0 Å². The molecule has 2 rings (SSSR count). The molecule has 0 bridgehead atoms. The Hall–Kier alpha value is -2.62. The summed E-state index contributed by atoms with van der Waals surface area (Å²) >= 11 is 1.69. The minimum absolute atomic E-state index is 0.0731. The molecule has 34 heavy (non-hydrogen) atoms. The van der Waals surface area contributed by atoms with Gasteiger partial charge >= 0.3 is 0 Å². The summed E-state index contributed by atoms with van der Waals surface area (Å²) in [5.74, 6) is 3.37. The molecule has 1 unspecified atom stereocenters. The van der Waals surface area contributed by atoms with Gasteiger partial charge in [-0.25, -0.2) is 0 Å². The monoisotopic (exact) mass is 487 g/mol. The number of anilines is 1. The van der Waals surface area contributed by atoms with Crippen LogP contribution in [0.4, 0.5) is 5.69 Å². The van der Waals surface area contributed by atoms with Gasteiger partial charge in [-0.3, -0.25) is 4.79 Å². The van der Waals surface area contributed by atoms with Gasteiger partial charge in [-0.15, -0.1) is 22.0 Å². The van der Waals surface area contributed by atoms with E-state index in [0.717, 1.165) is 42.3 Å². The maximum atomic E-state index is 12.3. The molecule has 1 heterocycles. The van der Waals surface area contributed by atoms with Crippen molar-refractivity contribution < 1.29 is 13.9 Å². The Labute approximate surface area is 207 Å². The zero-order valence-electron chi connectivity index (χ0n) is 20.8. The van der Waals surface area contributed by atoms with E-state index in [1.165, 1.54) is 0 Å². The minimum atomic E-state index is -0.279. The van der Waals surface area contributed by atoms with Crippen molar-refractivity contribution >= 4 is 23.4 Å². The van der Waals surface area contributed by atoms with Gasteiger partial charge in [0.2, 0.25) is 17.7 Å². The van der Waals surface area contributed by atoms with Crippen LogP contribution in [0.5, 0.6) is 0 Å². The lowest BCUT2D eigenvalue weighted by Crippen LogP contribution is -2.41. The molecule has 9 heteroatoms. The standard InChI is InChI=1S/C25H37N5O3S/c1-6-7-8-9-19(2)32-16-17-34-18-23-28-29-25(33-23)21-10-12-22(13-11-21)27-24(31)20(3)26-14-15-30(4)5/h6-7,9-13,20,26H,8,14-18H2,1-5H3,(H,27,31)/b7-6-,19-9+. The first-order valence-electron chi connectivity index (χ1n) is 11.5. The number of carbonyl (C=O) groups is 1. The van der Waals surface area contributed by atoms with E-state index in [0.29, 0.717) is 24.1 Å². The zero-order valence-corrected chi connectivity index (χ0v) is 21.7. The van der Waals surface area contributed by atoms with Crippen LogP contribution in [-0.2, 0) is 15.3 Å². The van der Waals surface area contributed by atoms with Crippen LogP contribution in [0.25, 0.3) is 11.5 Å². The predicted octanol–water partition coefficient (Wildman–Crippen LogP) is 4.33. The molecule has 0 saturated heterocycles. The van der Waals surface area contributed by atoms with Gasteiger partial charge in [-0.1, -0.05) is 12.2 Å². The van der Waals surface area contributed by atoms with Gasteiger partial charge in [0, 0.05) is 30.1 Å². The highest BCUT2D eigenvalue weighted by atomic mass is 32.2. The van der Waals surface area contributed by atoms with Gasteiger partial charge in [0.05, 0.1) is 24.2 Å². The molecular formula is C25H37N5O3S. The summed E-state index contributed by atoms with van der Waals surface area (Å²) < 4.78 is 11.5. The summed E-state index contributed by atoms with van der Waals surface area (Å²) in [7, 11) is 4.00. The second-order valence-corrected chi connectivity index (χ2v) is 9.17. The van der Waals surface area contributed by atoms with Crippen LogP contribution in [0.3, 0.4) is 0 Å². The Bertz CT molecular complexity index is 925. The van der Waals surface area contributed by atoms with E-state index >= 15 is 0 Å². The molecule has 0 aliphatic carbocycles. The summed E-state index contributed by atoms with van der Waals surface area (Å²) in [5.41, 5.74) is 1.53. The Morgan fingerprint density at radius 3 is 2.74 bits per heavy atom. The third kappa shape index (κ3) is 10.5. The lowest BCUT2D eigenvalue weighted by molar-refractivity contribution is -0.117. The molecule has 2 aromatic rings. The van der Waals surface area contributed by atoms with Gasteiger partial charge in [0.25, 0.3) is 0 Å². The maximum Gasteiger partial charge on any atom is 0.247 e. The molecule has 1 aromatic heterocycles. The Balaban J connectivity index is 1.74. The van der Waals surface area contributed by atoms with Gasteiger partial charge < -0.3 is 24.7 Å². The predicted molar refractivity (Wildman–Crippen MR) is 140 cm³/mol. The van der Waals surface area contributed by atoms with E-state index in [4.69, 9.17) is 9.15 Å². The molecule has 0 spiro atoms. The van der Waals surface area contributed by atoms with Gasteiger partial charge in [-0.05, 0) is 71.6 Å². The van der Waals surface area contributed by atoms with Crippen molar-refractivity contribution in [3.8, 4) is 11.5 Å². The second kappa shape index (κ2) is 15.3. The Morgan fingerprint density at radius 1 is 1.26 bits per heavy atom. The van der Waals surface area contributed by atoms with Crippen LogP contribution in [-0.4, -0.2) is 66.6 Å². The number of allylic oxidation sites excluding steroid dienone is 4. The first-order chi connectivity index (χ1) is 16.4. The molecule has 0 radical (unpaired) electrons. The van der Waals surface area contributed by atoms with E-state index in [1.807, 2.05) is 65.2 Å². The van der Waals surface area contributed by atoms with Crippen molar-refractivity contribution in [1.82, 2.24) is 20.4 Å². The van der Waals surface area contributed by atoms with Crippen molar-refractivity contribution in [3.63, 3.8) is 0 Å². The lowest BCUT2D eigenvalue weighted by Gasteiger charge is -2.16.